The molecule has 2 saturated heterocycles. The van der Waals surface area contributed by atoms with E-state index in [0.29, 0.717) is 11.3 Å². The number of aromatic hydroxyl groups is 1. The van der Waals surface area contributed by atoms with E-state index in [1.165, 1.54) is 32.4 Å². The lowest BCUT2D eigenvalue weighted by molar-refractivity contribution is -0.318. The van der Waals surface area contributed by atoms with Crippen LogP contribution in [0.15, 0.2) is 51.9 Å². The van der Waals surface area contributed by atoms with Crippen LogP contribution in [0.3, 0.4) is 0 Å². The summed E-state index contributed by atoms with van der Waals surface area (Å²) in [5.41, 5.74) is 0.190. The van der Waals surface area contributed by atoms with Crippen LogP contribution in [0.5, 0.6) is 17.2 Å². The molecule has 0 bridgehead atoms. The summed E-state index contributed by atoms with van der Waals surface area (Å²) in [4.78, 5) is 13.2. The van der Waals surface area contributed by atoms with Gasteiger partial charge < -0.3 is 63.8 Å². The van der Waals surface area contributed by atoms with Crippen molar-refractivity contribution in [1.82, 2.24) is 0 Å². The molecule has 2 aromatic carbocycles. The lowest BCUT2D eigenvalue weighted by Gasteiger charge is -2.42. The highest BCUT2D eigenvalue weighted by Gasteiger charge is 2.47. The Hall–Kier alpha value is -3.31. The first-order valence-corrected chi connectivity index (χ1v) is 13.1. The SMILES string of the molecule is COc1ccc(-c2coc3c(O)c(OC4OC(COC5OC(C)C(O)C(O)C5O)C(O)C(O)C4O)ccc3c2=O)cc1. The van der Waals surface area contributed by atoms with E-state index in [2.05, 4.69) is 0 Å². The van der Waals surface area contributed by atoms with Crippen molar-refractivity contribution in [2.45, 2.75) is 68.3 Å². The molecule has 3 aromatic rings. The van der Waals surface area contributed by atoms with Gasteiger partial charge in [0.1, 0.15) is 54.7 Å². The van der Waals surface area contributed by atoms with E-state index in [-0.39, 0.29) is 22.3 Å². The molecular formula is C28H32O14. The molecule has 42 heavy (non-hydrogen) atoms. The number of benzene rings is 2. The van der Waals surface area contributed by atoms with Crippen LogP contribution in [-0.2, 0) is 14.2 Å². The van der Waals surface area contributed by atoms with Crippen LogP contribution < -0.4 is 14.9 Å². The number of fused-ring (bicyclic) bond motifs is 1. The lowest BCUT2D eigenvalue weighted by atomic mass is 9.98. The number of hydrogen-bond acceptors (Lipinski definition) is 14. The highest BCUT2D eigenvalue weighted by molar-refractivity contribution is 5.87. The van der Waals surface area contributed by atoms with Crippen molar-refractivity contribution in [2.24, 2.45) is 0 Å². The van der Waals surface area contributed by atoms with E-state index >= 15 is 0 Å². The standard InChI is InChI=1S/C28H32O14/c1-11-18(29)22(33)24(35)27(40-11)39-10-17-20(31)23(34)25(36)28(42-17)41-16-8-7-14-19(30)15(9-38-26(14)21(16)32)12-3-5-13(37-2)6-4-12/h3-9,11,17-18,20,22-25,27-29,31-36H,10H2,1-2H3. The zero-order chi connectivity index (χ0) is 30.3. The largest absolute Gasteiger partial charge is 0.502 e. The van der Waals surface area contributed by atoms with Gasteiger partial charge in [-0.15, -0.1) is 0 Å². The monoisotopic (exact) mass is 592 g/mol. The summed E-state index contributed by atoms with van der Waals surface area (Å²) in [6, 6.07) is 9.35. The second kappa shape index (κ2) is 12.1. The molecule has 3 heterocycles. The first-order valence-electron chi connectivity index (χ1n) is 13.1. The zero-order valence-electron chi connectivity index (χ0n) is 22.5. The average Bonchev–Trinajstić information content (AvgIpc) is 2.99. The number of phenols is 1. The van der Waals surface area contributed by atoms with Gasteiger partial charge >= 0.3 is 0 Å². The molecule has 2 aliphatic rings. The number of phenolic OH excluding ortho intramolecular Hbond substituents is 1. The average molecular weight is 593 g/mol. The van der Waals surface area contributed by atoms with Crippen LogP contribution in [0.2, 0.25) is 0 Å². The first kappa shape index (κ1) is 30.2. The second-order valence-corrected chi connectivity index (χ2v) is 10.1. The van der Waals surface area contributed by atoms with Crippen molar-refractivity contribution in [1.29, 1.82) is 0 Å². The Balaban J connectivity index is 1.33. The summed E-state index contributed by atoms with van der Waals surface area (Å²) in [5, 5.41) is 72.2. The lowest BCUT2D eigenvalue weighted by Crippen LogP contribution is -2.61. The normalized spacial score (nSPS) is 33.4. The van der Waals surface area contributed by atoms with Crippen LogP contribution in [-0.4, -0.2) is 111 Å². The third kappa shape index (κ3) is 5.56. The number of ether oxygens (including phenoxy) is 5. The van der Waals surface area contributed by atoms with Crippen molar-refractivity contribution in [3.63, 3.8) is 0 Å². The predicted octanol–water partition coefficient (Wildman–Crippen LogP) is -0.795. The fourth-order valence-electron chi connectivity index (χ4n) is 4.85. The fraction of sp³-hybridized carbons (Fsp3) is 0.464. The van der Waals surface area contributed by atoms with Crippen LogP contribution in [0.25, 0.3) is 22.1 Å². The van der Waals surface area contributed by atoms with E-state index in [9.17, 15) is 40.5 Å². The van der Waals surface area contributed by atoms with Gasteiger partial charge in [0.25, 0.3) is 0 Å². The minimum Gasteiger partial charge on any atom is -0.502 e. The van der Waals surface area contributed by atoms with Crippen molar-refractivity contribution < 1.29 is 63.8 Å². The molecule has 14 nitrogen and oxygen atoms in total. The molecule has 0 amide bonds. The third-order valence-corrected chi connectivity index (χ3v) is 7.42. The van der Waals surface area contributed by atoms with Gasteiger partial charge in [-0.1, -0.05) is 12.1 Å². The predicted molar refractivity (Wildman–Crippen MR) is 142 cm³/mol. The molecule has 228 valence electrons. The Morgan fingerprint density at radius 1 is 0.810 bits per heavy atom. The summed E-state index contributed by atoms with van der Waals surface area (Å²) in [7, 11) is 1.52. The van der Waals surface area contributed by atoms with Gasteiger partial charge in [-0.3, -0.25) is 4.79 Å². The Morgan fingerprint density at radius 3 is 2.17 bits per heavy atom. The number of rotatable bonds is 7. The molecule has 5 rings (SSSR count). The number of aliphatic hydroxyl groups is 6. The van der Waals surface area contributed by atoms with Gasteiger partial charge in [-0.2, -0.15) is 0 Å². The molecule has 7 N–H and O–H groups in total. The van der Waals surface area contributed by atoms with Crippen LogP contribution >= 0.6 is 0 Å². The molecule has 0 radical (unpaired) electrons. The molecule has 10 unspecified atom stereocenters. The summed E-state index contributed by atoms with van der Waals surface area (Å²) in [5.74, 6) is -0.224. The molecule has 10 atom stereocenters. The van der Waals surface area contributed by atoms with Crippen LogP contribution in [0, 0.1) is 0 Å². The van der Waals surface area contributed by atoms with Crippen molar-refractivity contribution in [3.8, 4) is 28.4 Å². The quantitative estimate of drug-likeness (QED) is 0.179. The third-order valence-electron chi connectivity index (χ3n) is 7.42. The van der Waals surface area contributed by atoms with Gasteiger partial charge in [0.2, 0.25) is 17.5 Å². The van der Waals surface area contributed by atoms with Gasteiger partial charge in [0, 0.05) is 0 Å². The fourth-order valence-corrected chi connectivity index (χ4v) is 4.85. The van der Waals surface area contributed by atoms with Crippen LogP contribution in [0.4, 0.5) is 0 Å². The number of aliphatic hydroxyl groups excluding tert-OH is 6. The summed E-state index contributed by atoms with van der Waals surface area (Å²) < 4.78 is 32.7. The molecule has 14 heteroatoms. The maximum Gasteiger partial charge on any atom is 0.229 e. The maximum absolute atomic E-state index is 13.2. The molecular weight excluding hydrogens is 560 g/mol. The molecule has 0 aliphatic carbocycles. The minimum atomic E-state index is -1.77. The Bertz CT molecular complexity index is 1440. The maximum atomic E-state index is 13.2. The van der Waals surface area contributed by atoms with Gasteiger partial charge in [-0.05, 0) is 36.8 Å². The molecule has 2 aliphatic heterocycles. The van der Waals surface area contributed by atoms with Crippen LogP contribution in [0.1, 0.15) is 6.92 Å². The van der Waals surface area contributed by atoms with Gasteiger partial charge in [0.15, 0.2) is 17.6 Å². The molecule has 2 fully saturated rings. The topological polar surface area (TPSA) is 218 Å². The van der Waals surface area contributed by atoms with E-state index in [1.807, 2.05) is 0 Å². The van der Waals surface area contributed by atoms with Crippen molar-refractivity contribution in [2.75, 3.05) is 13.7 Å². The highest BCUT2D eigenvalue weighted by Crippen LogP contribution is 2.37. The van der Waals surface area contributed by atoms with Gasteiger partial charge in [0.05, 0.1) is 30.8 Å². The minimum absolute atomic E-state index is 0.0487. The first-order chi connectivity index (χ1) is 20.0. The second-order valence-electron chi connectivity index (χ2n) is 10.1. The van der Waals surface area contributed by atoms with Crippen molar-refractivity contribution >= 4 is 11.0 Å². The van der Waals surface area contributed by atoms with Crippen molar-refractivity contribution in [3.05, 3.63) is 52.9 Å². The summed E-state index contributed by atoms with van der Waals surface area (Å²) >= 11 is 0. The number of hydrogen-bond donors (Lipinski definition) is 7. The zero-order valence-corrected chi connectivity index (χ0v) is 22.5. The Morgan fingerprint density at radius 2 is 1.48 bits per heavy atom. The van der Waals surface area contributed by atoms with Gasteiger partial charge in [-0.25, -0.2) is 0 Å². The Kier molecular flexibility index (Phi) is 8.71. The smallest absolute Gasteiger partial charge is 0.229 e. The molecule has 1 aromatic heterocycles. The summed E-state index contributed by atoms with van der Waals surface area (Å²) in [6.45, 7) is 0.971. The molecule has 0 spiro atoms. The van der Waals surface area contributed by atoms with E-state index in [1.54, 1.807) is 24.3 Å². The summed E-state index contributed by atoms with van der Waals surface area (Å²) in [6.07, 6.45) is -13.8. The van der Waals surface area contributed by atoms with E-state index in [4.69, 9.17) is 28.1 Å². The number of methoxy groups -OCH3 is 1. The van der Waals surface area contributed by atoms with E-state index in [0.717, 1.165) is 0 Å². The highest BCUT2D eigenvalue weighted by atomic mass is 16.7. The van der Waals surface area contributed by atoms with E-state index < -0.39 is 79.2 Å². The Labute approximate surface area is 238 Å². The molecule has 0 saturated carbocycles.